The monoisotopic (exact) mass is 310 g/mol. The second-order valence-corrected chi connectivity index (χ2v) is 4.73. The van der Waals surface area contributed by atoms with Gasteiger partial charge in [-0.3, -0.25) is 4.89 Å². The summed E-state index contributed by atoms with van der Waals surface area (Å²) in [6.07, 6.45) is 3.76. The van der Waals surface area contributed by atoms with Gasteiger partial charge in [-0.1, -0.05) is 45.2 Å². The van der Waals surface area contributed by atoms with Gasteiger partial charge in [0.2, 0.25) is 0 Å². The van der Waals surface area contributed by atoms with Crippen LogP contribution in [0.2, 0.25) is 0 Å². The summed E-state index contributed by atoms with van der Waals surface area (Å²) in [6, 6.07) is 6.83. The summed E-state index contributed by atoms with van der Waals surface area (Å²) in [5.74, 6) is -0.751. The highest BCUT2D eigenvalue weighted by Gasteiger charge is 2.11. The van der Waals surface area contributed by atoms with Gasteiger partial charge in [-0.2, -0.15) is 0 Å². The van der Waals surface area contributed by atoms with Gasteiger partial charge < -0.3 is 4.74 Å². The van der Waals surface area contributed by atoms with Gasteiger partial charge >= 0.3 is 12.1 Å². The number of hydrogen-bond acceptors (Lipinski definition) is 6. The topological polar surface area (TPSA) is 71.1 Å². The van der Waals surface area contributed by atoms with E-state index in [9.17, 15) is 9.59 Å². The van der Waals surface area contributed by atoms with E-state index in [0.29, 0.717) is 5.56 Å². The molecule has 0 aliphatic heterocycles. The number of benzene rings is 1. The Balaban J connectivity index is 2.17. The van der Waals surface area contributed by atoms with E-state index < -0.39 is 12.1 Å². The Morgan fingerprint density at radius 2 is 1.68 bits per heavy atom. The average molecular weight is 310 g/mol. The van der Waals surface area contributed by atoms with E-state index in [2.05, 4.69) is 21.7 Å². The van der Waals surface area contributed by atoms with Crippen molar-refractivity contribution in [2.45, 2.75) is 46.0 Å². The molecule has 6 nitrogen and oxygen atoms in total. The van der Waals surface area contributed by atoms with E-state index in [1.165, 1.54) is 0 Å². The molecule has 0 aromatic heterocycles. The molecular weight excluding hydrogens is 288 g/mol. The third kappa shape index (κ3) is 7.08. The van der Waals surface area contributed by atoms with Crippen molar-refractivity contribution in [2.24, 2.45) is 0 Å². The summed E-state index contributed by atoms with van der Waals surface area (Å²) in [7, 11) is 0. The van der Waals surface area contributed by atoms with Gasteiger partial charge in [0.05, 0.1) is 17.2 Å². The molecular formula is C16H22O6. The van der Waals surface area contributed by atoms with Crippen molar-refractivity contribution >= 4 is 12.1 Å². The number of carbonyl (C=O) groups is 2. The first-order chi connectivity index (χ1) is 10.7. The molecule has 1 rings (SSSR count). The fourth-order valence-corrected chi connectivity index (χ4v) is 1.71. The molecule has 0 heterocycles. The minimum atomic E-state index is -1.04. The number of ether oxygens (including phenoxy) is 1. The molecule has 0 radical (unpaired) electrons. The minimum absolute atomic E-state index is 0.245. The van der Waals surface area contributed by atoms with Gasteiger partial charge in [0, 0.05) is 0 Å². The van der Waals surface area contributed by atoms with Crippen LogP contribution in [0, 0.1) is 0 Å². The number of rotatable bonds is 9. The predicted octanol–water partition coefficient (Wildman–Crippen LogP) is 3.99. The van der Waals surface area contributed by atoms with Crippen molar-refractivity contribution in [3.63, 3.8) is 0 Å². The lowest BCUT2D eigenvalue weighted by molar-refractivity contribution is -0.452. The Kier molecular flexibility index (Phi) is 8.67. The van der Waals surface area contributed by atoms with Crippen LogP contribution in [-0.4, -0.2) is 18.7 Å². The van der Waals surface area contributed by atoms with Gasteiger partial charge in [0.15, 0.2) is 0 Å². The second-order valence-electron chi connectivity index (χ2n) is 4.73. The smallest absolute Gasteiger partial charge is 0.432 e. The maximum atomic E-state index is 11.6. The molecule has 0 saturated carbocycles. The zero-order valence-corrected chi connectivity index (χ0v) is 13.0. The number of aryl methyl sites for hydroxylation is 1. The molecule has 1 aromatic rings. The SMILES string of the molecule is CCCCCCOC(=O)OOOC(=O)c1ccc(CC)cc1. The van der Waals surface area contributed by atoms with E-state index in [1.54, 1.807) is 12.1 Å². The van der Waals surface area contributed by atoms with Gasteiger partial charge in [-0.25, -0.2) is 14.5 Å². The van der Waals surface area contributed by atoms with Crippen molar-refractivity contribution in [3.8, 4) is 0 Å². The predicted molar refractivity (Wildman–Crippen MR) is 78.9 cm³/mol. The molecule has 0 atom stereocenters. The summed E-state index contributed by atoms with van der Waals surface area (Å²) in [5.41, 5.74) is 1.40. The summed E-state index contributed by atoms with van der Waals surface area (Å²) < 4.78 is 4.73. The molecule has 0 aliphatic rings. The van der Waals surface area contributed by atoms with Crippen LogP contribution in [0.25, 0.3) is 0 Å². The molecule has 1 aromatic carbocycles. The van der Waals surface area contributed by atoms with Crippen molar-refractivity contribution in [2.75, 3.05) is 6.61 Å². The fourth-order valence-electron chi connectivity index (χ4n) is 1.71. The number of unbranched alkanes of at least 4 members (excludes halogenated alkanes) is 3. The minimum Gasteiger partial charge on any atom is -0.432 e. The average Bonchev–Trinajstić information content (AvgIpc) is 2.54. The lowest BCUT2D eigenvalue weighted by atomic mass is 10.1. The van der Waals surface area contributed by atoms with Crippen LogP contribution in [0.5, 0.6) is 0 Å². The van der Waals surface area contributed by atoms with E-state index in [0.717, 1.165) is 37.7 Å². The highest BCUT2D eigenvalue weighted by atomic mass is 17.5. The van der Waals surface area contributed by atoms with Crippen LogP contribution in [0.1, 0.15) is 55.5 Å². The molecule has 122 valence electrons. The van der Waals surface area contributed by atoms with Crippen molar-refractivity contribution in [1.82, 2.24) is 0 Å². The normalized spacial score (nSPS) is 10.1. The molecule has 0 spiro atoms. The maximum absolute atomic E-state index is 11.6. The van der Waals surface area contributed by atoms with Crippen LogP contribution >= 0.6 is 0 Å². The lowest BCUT2D eigenvalue weighted by Gasteiger charge is -2.04. The van der Waals surface area contributed by atoms with Crippen molar-refractivity contribution in [1.29, 1.82) is 0 Å². The second kappa shape index (κ2) is 10.6. The molecule has 0 saturated heterocycles. The van der Waals surface area contributed by atoms with Crippen LogP contribution in [0.15, 0.2) is 24.3 Å². The molecule has 22 heavy (non-hydrogen) atoms. The van der Waals surface area contributed by atoms with Crippen LogP contribution in [-0.2, 0) is 26.0 Å². The standard InChI is InChI=1S/C16H22O6/c1-3-5-6-7-12-19-16(18)21-22-20-15(17)14-10-8-13(4-2)9-11-14/h8-11H,3-7,12H2,1-2H3. The fraction of sp³-hybridized carbons (Fsp3) is 0.500. The summed E-state index contributed by atoms with van der Waals surface area (Å²) in [5, 5.41) is 4.12. The number of carbonyl (C=O) groups excluding carboxylic acids is 2. The molecule has 0 bridgehead atoms. The third-order valence-corrected chi connectivity index (χ3v) is 3.03. The molecule has 0 fully saturated rings. The van der Waals surface area contributed by atoms with E-state index >= 15 is 0 Å². The highest BCUT2D eigenvalue weighted by molar-refractivity contribution is 5.88. The Morgan fingerprint density at radius 3 is 2.32 bits per heavy atom. The lowest BCUT2D eigenvalue weighted by Crippen LogP contribution is -2.12. The van der Waals surface area contributed by atoms with Crippen LogP contribution in [0.4, 0.5) is 4.79 Å². The molecule has 0 amide bonds. The largest absolute Gasteiger partial charge is 0.543 e. The quantitative estimate of drug-likeness (QED) is 0.297. The van der Waals surface area contributed by atoms with Crippen molar-refractivity contribution < 1.29 is 29.1 Å². The molecule has 0 aliphatic carbocycles. The Morgan fingerprint density at radius 1 is 0.955 bits per heavy atom. The number of hydrogen-bond donors (Lipinski definition) is 0. The third-order valence-electron chi connectivity index (χ3n) is 3.03. The van der Waals surface area contributed by atoms with Gasteiger partial charge in [-0.15, -0.1) is 0 Å². The van der Waals surface area contributed by atoms with Crippen LogP contribution in [0.3, 0.4) is 0 Å². The van der Waals surface area contributed by atoms with Gasteiger partial charge in [-0.05, 0) is 30.5 Å². The molecule has 6 heteroatoms. The van der Waals surface area contributed by atoms with E-state index in [4.69, 9.17) is 4.74 Å². The maximum Gasteiger partial charge on any atom is 0.543 e. The Hall–Kier alpha value is -2.08. The molecule has 0 unspecified atom stereocenters. The van der Waals surface area contributed by atoms with E-state index in [1.807, 2.05) is 19.1 Å². The first-order valence-corrected chi connectivity index (χ1v) is 7.48. The summed E-state index contributed by atoms with van der Waals surface area (Å²) >= 11 is 0. The van der Waals surface area contributed by atoms with Gasteiger partial charge in [0.25, 0.3) is 0 Å². The first kappa shape index (κ1) is 18.0. The first-order valence-electron chi connectivity index (χ1n) is 7.48. The Labute approximate surface area is 130 Å². The zero-order valence-electron chi connectivity index (χ0n) is 13.0. The summed E-state index contributed by atoms with van der Waals surface area (Å²) in [6.45, 7) is 4.35. The summed E-state index contributed by atoms with van der Waals surface area (Å²) in [4.78, 5) is 31.2. The van der Waals surface area contributed by atoms with Crippen LogP contribution < -0.4 is 0 Å². The van der Waals surface area contributed by atoms with Crippen molar-refractivity contribution in [3.05, 3.63) is 35.4 Å². The van der Waals surface area contributed by atoms with Gasteiger partial charge in [0.1, 0.15) is 0 Å². The highest BCUT2D eigenvalue weighted by Crippen LogP contribution is 2.07. The Bertz CT molecular complexity index is 454. The molecule has 0 N–H and O–H groups in total. The zero-order chi connectivity index (χ0) is 16.2. The van der Waals surface area contributed by atoms with E-state index in [-0.39, 0.29) is 6.61 Å².